The first-order valence-electron chi connectivity index (χ1n) is 9.22. The van der Waals surface area contributed by atoms with Gasteiger partial charge in [-0.1, -0.05) is 11.6 Å². The molecule has 2 aromatic carbocycles. The molecule has 1 unspecified atom stereocenters. The first kappa shape index (κ1) is 18.8. The van der Waals surface area contributed by atoms with E-state index in [-0.39, 0.29) is 24.3 Å². The van der Waals surface area contributed by atoms with Crippen LogP contribution in [0.25, 0.3) is 0 Å². The number of carbonyl (C=O) groups is 2. The van der Waals surface area contributed by atoms with Crippen molar-refractivity contribution in [2.75, 3.05) is 25.7 Å². The Morgan fingerprint density at radius 1 is 1.04 bits per heavy atom. The second-order valence-corrected chi connectivity index (χ2v) is 7.55. The molecule has 0 spiro atoms. The molecule has 2 aliphatic rings. The third kappa shape index (κ3) is 3.23. The quantitative estimate of drug-likeness (QED) is 0.791. The highest BCUT2D eigenvalue weighted by Gasteiger charge is 2.46. The van der Waals surface area contributed by atoms with E-state index in [1.54, 1.807) is 38.5 Å². The predicted octanol–water partition coefficient (Wildman–Crippen LogP) is 1.63. The van der Waals surface area contributed by atoms with Gasteiger partial charge in [-0.25, -0.2) is 4.90 Å². The van der Waals surface area contributed by atoms with Crippen molar-refractivity contribution in [1.82, 2.24) is 0 Å². The molecule has 0 radical (unpaired) electrons. The topological polar surface area (TPSA) is 60.3 Å². The molecular formula is C21H22ClN2O4+. The summed E-state index contributed by atoms with van der Waals surface area (Å²) < 4.78 is 10.8. The second kappa shape index (κ2) is 7.45. The monoisotopic (exact) mass is 401 g/mol. The Balaban J connectivity index is 1.57. The number of amides is 2. The number of methoxy groups -OCH3 is 2. The lowest BCUT2D eigenvalue weighted by Gasteiger charge is -2.30. The van der Waals surface area contributed by atoms with E-state index in [4.69, 9.17) is 21.1 Å². The minimum atomic E-state index is -0.371. The van der Waals surface area contributed by atoms with Crippen LogP contribution < -0.4 is 19.3 Å². The second-order valence-electron chi connectivity index (χ2n) is 7.11. The summed E-state index contributed by atoms with van der Waals surface area (Å²) in [6.45, 7) is 1.47. The highest BCUT2D eigenvalue weighted by molar-refractivity contribution is 6.30. The van der Waals surface area contributed by atoms with Crippen molar-refractivity contribution in [3.05, 3.63) is 52.5 Å². The average Bonchev–Trinajstić information content (AvgIpc) is 3.01. The van der Waals surface area contributed by atoms with Crippen LogP contribution in [0.2, 0.25) is 5.02 Å². The summed E-state index contributed by atoms with van der Waals surface area (Å²) in [5, 5.41) is 0.571. The van der Waals surface area contributed by atoms with Gasteiger partial charge in [0.1, 0.15) is 6.54 Å². The number of nitrogens with one attached hydrogen (secondary N) is 1. The Hall–Kier alpha value is -2.57. The lowest BCUT2D eigenvalue weighted by atomic mass is 9.97. The van der Waals surface area contributed by atoms with Crippen LogP contribution in [0.3, 0.4) is 0 Å². The summed E-state index contributed by atoms with van der Waals surface area (Å²) in [6.07, 6.45) is 1.04. The van der Waals surface area contributed by atoms with Gasteiger partial charge in [-0.15, -0.1) is 0 Å². The number of imide groups is 1. The van der Waals surface area contributed by atoms with Gasteiger partial charge >= 0.3 is 0 Å². The van der Waals surface area contributed by atoms with Gasteiger partial charge in [0.15, 0.2) is 17.5 Å². The lowest BCUT2D eigenvalue weighted by molar-refractivity contribution is -0.930. The first-order valence-corrected chi connectivity index (χ1v) is 9.60. The van der Waals surface area contributed by atoms with Crippen LogP contribution in [-0.2, 0) is 22.6 Å². The van der Waals surface area contributed by atoms with E-state index < -0.39 is 0 Å². The Labute approximate surface area is 168 Å². The Morgan fingerprint density at radius 2 is 1.68 bits per heavy atom. The Kier molecular flexibility index (Phi) is 5.00. The SMILES string of the molecule is COc1cc2c(cc1OC)C[NH+]([C@H]1CC(=O)N(c3ccc(Cl)cc3)C1=O)CC2. The van der Waals surface area contributed by atoms with Crippen molar-refractivity contribution < 1.29 is 24.0 Å². The number of fused-ring (bicyclic) bond motifs is 1. The summed E-state index contributed by atoms with van der Waals surface area (Å²) >= 11 is 5.92. The van der Waals surface area contributed by atoms with Crippen LogP contribution >= 0.6 is 11.6 Å². The molecule has 1 fully saturated rings. The number of nitrogens with zero attached hydrogens (tertiary/aromatic N) is 1. The Morgan fingerprint density at radius 3 is 2.32 bits per heavy atom. The molecule has 6 nitrogen and oxygen atoms in total. The molecule has 2 heterocycles. The number of carbonyl (C=O) groups excluding carboxylic acids is 2. The van der Waals surface area contributed by atoms with Gasteiger partial charge in [0.2, 0.25) is 5.91 Å². The van der Waals surface area contributed by atoms with Gasteiger partial charge in [0.05, 0.1) is 32.9 Å². The molecule has 2 atom stereocenters. The van der Waals surface area contributed by atoms with E-state index >= 15 is 0 Å². The van der Waals surface area contributed by atoms with Crippen LogP contribution in [0.5, 0.6) is 11.5 Å². The zero-order chi connectivity index (χ0) is 19.8. The normalized spacial score (nSPS) is 21.6. The molecule has 28 heavy (non-hydrogen) atoms. The standard InChI is InChI=1S/C21H21ClN2O4/c1-27-18-9-13-7-8-23(12-14(13)10-19(18)28-2)17-11-20(25)24(21(17)26)16-5-3-15(22)4-6-16/h3-6,9-10,17H,7-8,11-12H2,1-2H3/p+1/t17-/m0/s1. The molecule has 1 saturated heterocycles. The van der Waals surface area contributed by atoms with Gasteiger partial charge in [0.25, 0.3) is 5.91 Å². The van der Waals surface area contributed by atoms with E-state index in [2.05, 4.69) is 0 Å². The number of hydrogen-bond donors (Lipinski definition) is 1. The van der Waals surface area contributed by atoms with Crippen LogP contribution in [0.4, 0.5) is 5.69 Å². The largest absolute Gasteiger partial charge is 0.493 e. The average molecular weight is 402 g/mol. The maximum atomic E-state index is 13.0. The molecular weight excluding hydrogens is 380 g/mol. The zero-order valence-corrected chi connectivity index (χ0v) is 16.6. The molecule has 146 valence electrons. The minimum absolute atomic E-state index is 0.147. The summed E-state index contributed by atoms with van der Waals surface area (Å²) in [6, 6.07) is 10.4. The third-order valence-corrected chi connectivity index (χ3v) is 5.81. The molecule has 0 aliphatic carbocycles. The van der Waals surface area contributed by atoms with Crippen molar-refractivity contribution in [2.45, 2.75) is 25.4 Å². The summed E-state index contributed by atoms with van der Waals surface area (Å²) in [5.74, 6) is 1.08. The molecule has 2 amide bonds. The molecule has 2 aromatic rings. The number of benzene rings is 2. The molecule has 4 rings (SSSR count). The van der Waals surface area contributed by atoms with Gasteiger partial charge in [-0.05, 0) is 42.0 Å². The molecule has 1 N–H and O–H groups in total. The third-order valence-electron chi connectivity index (χ3n) is 5.56. The molecule has 2 aliphatic heterocycles. The van der Waals surface area contributed by atoms with Gasteiger partial charge in [0, 0.05) is 17.0 Å². The molecule has 7 heteroatoms. The van der Waals surface area contributed by atoms with Gasteiger partial charge in [-0.2, -0.15) is 0 Å². The predicted molar refractivity (Wildman–Crippen MR) is 105 cm³/mol. The van der Waals surface area contributed by atoms with E-state index in [1.165, 1.54) is 10.5 Å². The van der Waals surface area contributed by atoms with E-state index in [1.807, 2.05) is 12.1 Å². The number of ether oxygens (including phenoxy) is 2. The fraction of sp³-hybridized carbons (Fsp3) is 0.333. The fourth-order valence-electron chi connectivity index (χ4n) is 4.10. The first-order chi connectivity index (χ1) is 13.5. The fourth-order valence-corrected chi connectivity index (χ4v) is 4.22. The Bertz CT molecular complexity index is 929. The van der Waals surface area contributed by atoms with Crippen molar-refractivity contribution in [3.63, 3.8) is 0 Å². The van der Waals surface area contributed by atoms with Crippen molar-refractivity contribution in [3.8, 4) is 11.5 Å². The smallest absolute Gasteiger partial charge is 0.292 e. The van der Waals surface area contributed by atoms with E-state index in [0.717, 1.165) is 23.4 Å². The highest BCUT2D eigenvalue weighted by Crippen LogP contribution is 2.31. The highest BCUT2D eigenvalue weighted by atomic mass is 35.5. The number of halogens is 1. The summed E-state index contributed by atoms with van der Waals surface area (Å²) in [7, 11) is 3.24. The van der Waals surface area contributed by atoms with Crippen LogP contribution in [-0.4, -0.2) is 38.6 Å². The van der Waals surface area contributed by atoms with Crippen LogP contribution in [0.15, 0.2) is 36.4 Å². The zero-order valence-electron chi connectivity index (χ0n) is 15.8. The number of rotatable bonds is 4. The molecule has 0 aromatic heterocycles. The molecule has 0 saturated carbocycles. The lowest BCUT2D eigenvalue weighted by Crippen LogP contribution is -3.16. The molecule has 0 bridgehead atoms. The van der Waals surface area contributed by atoms with Gasteiger partial charge in [-0.3, -0.25) is 9.59 Å². The van der Waals surface area contributed by atoms with E-state index in [0.29, 0.717) is 28.8 Å². The van der Waals surface area contributed by atoms with E-state index in [9.17, 15) is 9.59 Å². The van der Waals surface area contributed by atoms with Crippen molar-refractivity contribution >= 4 is 29.1 Å². The summed E-state index contributed by atoms with van der Waals surface area (Å²) in [4.78, 5) is 28.0. The number of hydrogen-bond acceptors (Lipinski definition) is 4. The van der Waals surface area contributed by atoms with Crippen LogP contribution in [0, 0.1) is 0 Å². The van der Waals surface area contributed by atoms with Crippen LogP contribution in [0.1, 0.15) is 17.5 Å². The number of anilines is 1. The van der Waals surface area contributed by atoms with Crippen molar-refractivity contribution in [2.24, 2.45) is 0 Å². The number of quaternary nitrogens is 1. The van der Waals surface area contributed by atoms with Crippen molar-refractivity contribution in [1.29, 1.82) is 0 Å². The van der Waals surface area contributed by atoms with Gasteiger partial charge < -0.3 is 14.4 Å². The minimum Gasteiger partial charge on any atom is -0.493 e. The summed E-state index contributed by atoms with van der Waals surface area (Å²) in [5.41, 5.74) is 2.90. The maximum Gasteiger partial charge on any atom is 0.292 e. The maximum absolute atomic E-state index is 13.0.